The molecular weight excluding hydrogens is 366 g/mol. The Kier molecular flexibility index (Phi) is 5.58. The van der Waals surface area contributed by atoms with Crippen molar-refractivity contribution in [1.82, 2.24) is 10.6 Å². The van der Waals surface area contributed by atoms with E-state index in [-0.39, 0.29) is 17.5 Å². The van der Waals surface area contributed by atoms with Crippen molar-refractivity contribution in [2.45, 2.75) is 18.9 Å². The van der Waals surface area contributed by atoms with Crippen molar-refractivity contribution < 1.29 is 17.9 Å². The fourth-order valence-corrected chi connectivity index (χ4v) is 4.89. The largest absolute Gasteiger partial charge is 0.486 e. The van der Waals surface area contributed by atoms with E-state index in [4.69, 9.17) is 21.1 Å². The van der Waals surface area contributed by atoms with Crippen LogP contribution in [0, 0.1) is 0 Å². The van der Waals surface area contributed by atoms with Gasteiger partial charge in [-0.3, -0.25) is 4.99 Å². The van der Waals surface area contributed by atoms with E-state index in [1.165, 1.54) is 0 Å². The van der Waals surface area contributed by atoms with Gasteiger partial charge in [0.05, 0.1) is 16.5 Å². The average Bonchev–Trinajstić information content (AvgIpc) is 2.92. The van der Waals surface area contributed by atoms with E-state index in [9.17, 15) is 8.42 Å². The minimum atomic E-state index is -2.91. The number of halogens is 1. The third kappa shape index (κ3) is 4.70. The number of hydrogen-bond donors (Lipinski definition) is 2. The Bertz CT molecular complexity index is 767. The molecule has 7 nitrogen and oxygen atoms in total. The second-order valence-corrected chi connectivity index (χ2v) is 8.73. The molecule has 138 valence electrons. The highest BCUT2D eigenvalue weighted by Gasteiger charge is 2.28. The maximum atomic E-state index is 11.5. The Morgan fingerprint density at radius 1 is 1.36 bits per heavy atom. The van der Waals surface area contributed by atoms with Crippen LogP contribution in [0.3, 0.4) is 0 Å². The van der Waals surface area contributed by atoms with Crippen LogP contribution in [0.5, 0.6) is 11.5 Å². The second kappa shape index (κ2) is 7.70. The zero-order valence-corrected chi connectivity index (χ0v) is 15.6. The Morgan fingerprint density at radius 2 is 2.16 bits per heavy atom. The molecule has 25 heavy (non-hydrogen) atoms. The predicted molar refractivity (Wildman–Crippen MR) is 97.7 cm³/mol. The first-order valence-corrected chi connectivity index (χ1v) is 10.4. The molecule has 2 heterocycles. The van der Waals surface area contributed by atoms with E-state index < -0.39 is 9.84 Å². The van der Waals surface area contributed by atoms with Crippen molar-refractivity contribution in [3.05, 3.63) is 22.7 Å². The molecule has 0 radical (unpaired) electrons. The fraction of sp³-hybridized carbons (Fsp3) is 0.562. The summed E-state index contributed by atoms with van der Waals surface area (Å²) in [7, 11) is -1.25. The van der Waals surface area contributed by atoms with Gasteiger partial charge < -0.3 is 20.1 Å². The molecule has 1 unspecified atom stereocenters. The zero-order chi connectivity index (χ0) is 17.9. The Hall–Kier alpha value is -1.67. The molecule has 1 saturated heterocycles. The van der Waals surface area contributed by atoms with Crippen molar-refractivity contribution in [1.29, 1.82) is 0 Å². The topological polar surface area (TPSA) is 89.0 Å². The van der Waals surface area contributed by atoms with Gasteiger partial charge in [0.25, 0.3) is 0 Å². The number of sulfone groups is 1. The van der Waals surface area contributed by atoms with Crippen molar-refractivity contribution in [3.8, 4) is 11.5 Å². The van der Waals surface area contributed by atoms with Gasteiger partial charge in [0.15, 0.2) is 27.3 Å². The fourth-order valence-electron chi connectivity index (χ4n) is 2.93. The van der Waals surface area contributed by atoms with E-state index in [0.717, 1.165) is 12.0 Å². The molecule has 1 aromatic carbocycles. The van der Waals surface area contributed by atoms with Crippen LogP contribution in [-0.2, 0) is 16.3 Å². The van der Waals surface area contributed by atoms with E-state index >= 15 is 0 Å². The molecule has 1 fully saturated rings. The summed E-state index contributed by atoms with van der Waals surface area (Å²) < 4.78 is 34.1. The zero-order valence-electron chi connectivity index (χ0n) is 14.0. The molecular formula is C16H22ClN3O4S. The summed E-state index contributed by atoms with van der Waals surface area (Å²) in [6, 6.07) is 3.72. The Morgan fingerprint density at radius 3 is 2.88 bits per heavy atom. The predicted octanol–water partition coefficient (Wildman–Crippen LogP) is 1.01. The number of nitrogens with one attached hydrogen (secondary N) is 2. The van der Waals surface area contributed by atoms with Gasteiger partial charge in [-0.25, -0.2) is 8.42 Å². The van der Waals surface area contributed by atoms with Gasteiger partial charge in [-0.05, 0) is 30.5 Å². The van der Waals surface area contributed by atoms with Gasteiger partial charge in [-0.2, -0.15) is 0 Å². The van der Waals surface area contributed by atoms with E-state index in [1.54, 1.807) is 7.05 Å². The van der Waals surface area contributed by atoms with Gasteiger partial charge in [0, 0.05) is 19.6 Å². The van der Waals surface area contributed by atoms with E-state index in [2.05, 4.69) is 15.6 Å². The highest BCUT2D eigenvalue weighted by molar-refractivity contribution is 7.91. The summed E-state index contributed by atoms with van der Waals surface area (Å²) in [5.41, 5.74) is 1.03. The molecule has 1 atom stereocenters. The molecule has 0 spiro atoms. The number of guanidine groups is 1. The Balaban J connectivity index is 1.52. The molecule has 1 aromatic rings. The van der Waals surface area contributed by atoms with Crippen LogP contribution >= 0.6 is 11.6 Å². The molecule has 0 amide bonds. The third-order valence-corrected chi connectivity index (χ3v) is 6.21. The summed E-state index contributed by atoms with van der Waals surface area (Å²) in [4.78, 5) is 4.15. The maximum absolute atomic E-state index is 11.5. The molecule has 9 heteroatoms. The number of benzene rings is 1. The monoisotopic (exact) mass is 387 g/mol. The summed E-state index contributed by atoms with van der Waals surface area (Å²) in [5.74, 6) is 2.27. The first kappa shape index (κ1) is 18.1. The van der Waals surface area contributed by atoms with Crippen LogP contribution in [0.1, 0.15) is 12.0 Å². The number of nitrogens with zero attached hydrogens (tertiary/aromatic N) is 1. The van der Waals surface area contributed by atoms with Crippen LogP contribution in [0.15, 0.2) is 17.1 Å². The van der Waals surface area contributed by atoms with E-state index in [1.807, 2.05) is 12.1 Å². The summed E-state index contributed by atoms with van der Waals surface area (Å²) >= 11 is 6.24. The first-order valence-electron chi connectivity index (χ1n) is 8.22. The number of rotatable bonds is 4. The second-order valence-electron chi connectivity index (χ2n) is 6.10. The lowest BCUT2D eigenvalue weighted by atomic mass is 10.1. The lowest BCUT2D eigenvalue weighted by Gasteiger charge is -2.20. The molecule has 0 aliphatic carbocycles. The van der Waals surface area contributed by atoms with Gasteiger partial charge in [0.2, 0.25) is 0 Å². The first-order chi connectivity index (χ1) is 12.0. The minimum Gasteiger partial charge on any atom is -0.486 e. The highest BCUT2D eigenvalue weighted by atomic mass is 35.5. The number of ether oxygens (including phenoxy) is 2. The molecule has 2 N–H and O–H groups in total. The number of hydrogen-bond acceptors (Lipinski definition) is 5. The molecule has 0 bridgehead atoms. The Labute approximate surface area is 152 Å². The van der Waals surface area contributed by atoms with Gasteiger partial charge in [0.1, 0.15) is 13.2 Å². The van der Waals surface area contributed by atoms with E-state index in [0.29, 0.717) is 48.7 Å². The van der Waals surface area contributed by atoms with Crippen LogP contribution in [-0.4, -0.2) is 58.7 Å². The molecule has 2 aliphatic heterocycles. The standard InChI is InChI=1S/C16H22ClN3O4S/c1-18-16(20-12-3-7-25(21,22)10-12)19-4-2-11-8-13(17)15-14(9-11)23-5-6-24-15/h8-9,12H,2-7,10H2,1H3,(H2,18,19,20). The lowest BCUT2D eigenvalue weighted by molar-refractivity contribution is 0.171. The van der Waals surface area contributed by atoms with Gasteiger partial charge >= 0.3 is 0 Å². The van der Waals surface area contributed by atoms with Crippen LogP contribution in [0.2, 0.25) is 5.02 Å². The van der Waals surface area contributed by atoms with Crippen molar-refractivity contribution in [3.63, 3.8) is 0 Å². The third-order valence-electron chi connectivity index (χ3n) is 4.16. The highest BCUT2D eigenvalue weighted by Crippen LogP contribution is 2.38. The number of fused-ring (bicyclic) bond motifs is 1. The lowest BCUT2D eigenvalue weighted by Crippen LogP contribution is -2.44. The maximum Gasteiger partial charge on any atom is 0.191 e. The summed E-state index contributed by atoms with van der Waals surface area (Å²) in [6.07, 6.45) is 1.33. The summed E-state index contributed by atoms with van der Waals surface area (Å²) in [5, 5.41) is 6.91. The van der Waals surface area contributed by atoms with Crippen molar-refractivity contribution in [2.24, 2.45) is 4.99 Å². The molecule has 0 aromatic heterocycles. The SMILES string of the molecule is CN=C(NCCc1cc(Cl)c2c(c1)OCCO2)NC1CCS(=O)(=O)C1. The molecule has 3 rings (SSSR count). The smallest absolute Gasteiger partial charge is 0.191 e. The van der Waals surface area contributed by atoms with Gasteiger partial charge in [-0.1, -0.05) is 11.6 Å². The normalized spacial score (nSPS) is 21.8. The minimum absolute atomic E-state index is 0.0834. The van der Waals surface area contributed by atoms with Crippen LogP contribution in [0.4, 0.5) is 0 Å². The van der Waals surface area contributed by atoms with Crippen LogP contribution in [0.25, 0.3) is 0 Å². The quantitative estimate of drug-likeness (QED) is 0.592. The van der Waals surface area contributed by atoms with Gasteiger partial charge in [-0.15, -0.1) is 0 Å². The number of aliphatic imine (C=N–C) groups is 1. The average molecular weight is 388 g/mol. The molecule has 0 saturated carbocycles. The van der Waals surface area contributed by atoms with Crippen LogP contribution < -0.4 is 20.1 Å². The van der Waals surface area contributed by atoms with Crippen molar-refractivity contribution in [2.75, 3.05) is 38.3 Å². The van der Waals surface area contributed by atoms with Crippen molar-refractivity contribution >= 4 is 27.4 Å². The molecule has 2 aliphatic rings. The summed E-state index contributed by atoms with van der Waals surface area (Å²) in [6.45, 7) is 1.66.